The highest BCUT2D eigenvalue weighted by molar-refractivity contribution is 5.94. The van der Waals surface area contributed by atoms with Crippen LogP contribution in [0.4, 0.5) is 11.8 Å². The van der Waals surface area contributed by atoms with Gasteiger partial charge in [-0.2, -0.15) is 4.98 Å². The van der Waals surface area contributed by atoms with Crippen LogP contribution >= 0.6 is 12.4 Å². The topological polar surface area (TPSA) is 166 Å². The summed E-state index contributed by atoms with van der Waals surface area (Å²) in [5, 5.41) is 0.700. The Morgan fingerprint density at radius 3 is 2.12 bits per heavy atom. The van der Waals surface area contributed by atoms with Crippen molar-refractivity contribution < 1.29 is 30.0 Å². The number of rotatable bonds is 7. The van der Waals surface area contributed by atoms with Crippen molar-refractivity contribution in [3.05, 3.63) is 77.9 Å². The molecule has 0 unspecified atom stereocenters. The monoisotopic (exact) mass is 571 g/mol. The van der Waals surface area contributed by atoms with Crippen molar-refractivity contribution in [3.63, 3.8) is 0 Å². The van der Waals surface area contributed by atoms with Crippen LogP contribution in [-0.4, -0.2) is 72.1 Å². The van der Waals surface area contributed by atoms with Crippen molar-refractivity contribution in [2.24, 2.45) is 0 Å². The van der Waals surface area contributed by atoms with Gasteiger partial charge in [-0.3, -0.25) is 4.79 Å². The number of amides is 1. The number of nitrogens with zero attached hydrogens (tertiary/aromatic N) is 4. The predicted octanol–water partition coefficient (Wildman–Crippen LogP) is 2.54. The predicted molar refractivity (Wildman–Crippen MR) is 157 cm³/mol. The number of piperazine rings is 1. The first-order valence-corrected chi connectivity index (χ1v) is 12.1. The molecule has 11 nitrogen and oxygen atoms in total. The van der Waals surface area contributed by atoms with Gasteiger partial charge in [-0.15, -0.1) is 12.4 Å². The molecule has 0 aliphatic carbocycles. The standard InChI is InChI=1S/C28H29N5O4.ClH.2H2O/c1-35-24-16-22-23(17-25(24)36-2)30-28(31-26(22)29)33-14-12-32(13-15-33)27(34)20-8-10-21(11-9-20)37-18-19-6-4-3-5-7-19;;;/h3-11,16-17H,12-15,18H2,1-2H3,(H2,29,30,31);1H;2*1H2. The van der Waals surface area contributed by atoms with Gasteiger partial charge >= 0.3 is 0 Å². The number of carbonyl (C=O) groups is 1. The largest absolute Gasteiger partial charge is 0.493 e. The highest BCUT2D eigenvalue weighted by Gasteiger charge is 2.24. The second-order valence-corrected chi connectivity index (χ2v) is 8.71. The number of ether oxygens (including phenoxy) is 3. The SMILES string of the molecule is COc1cc2nc(N3CCN(C(=O)c4ccc(OCc5ccccc5)cc4)CC3)nc(N)c2cc1OC.Cl.O.O. The normalized spacial score (nSPS) is 12.4. The Morgan fingerprint density at radius 2 is 1.50 bits per heavy atom. The van der Waals surface area contributed by atoms with Crippen molar-refractivity contribution >= 4 is 41.0 Å². The maximum Gasteiger partial charge on any atom is 0.253 e. The van der Waals surface area contributed by atoms with Gasteiger partial charge in [0.25, 0.3) is 5.91 Å². The molecule has 0 saturated carbocycles. The van der Waals surface area contributed by atoms with E-state index in [9.17, 15) is 4.79 Å². The molecule has 3 aromatic carbocycles. The lowest BCUT2D eigenvalue weighted by Crippen LogP contribution is -2.49. The minimum atomic E-state index is -0.00923. The molecule has 4 aromatic rings. The Morgan fingerprint density at radius 1 is 0.875 bits per heavy atom. The van der Waals surface area contributed by atoms with E-state index in [1.54, 1.807) is 26.4 Å². The molecule has 40 heavy (non-hydrogen) atoms. The van der Waals surface area contributed by atoms with Crippen LogP contribution < -0.4 is 24.8 Å². The van der Waals surface area contributed by atoms with E-state index in [0.717, 1.165) is 11.3 Å². The summed E-state index contributed by atoms with van der Waals surface area (Å²) < 4.78 is 16.6. The van der Waals surface area contributed by atoms with Gasteiger partial charge in [0.2, 0.25) is 5.95 Å². The van der Waals surface area contributed by atoms with Gasteiger partial charge in [-0.25, -0.2) is 4.98 Å². The number of benzene rings is 3. The van der Waals surface area contributed by atoms with Crippen molar-refractivity contribution in [1.82, 2.24) is 14.9 Å². The Bertz CT molecular complexity index is 1400. The third-order valence-corrected chi connectivity index (χ3v) is 6.42. The highest BCUT2D eigenvalue weighted by Crippen LogP contribution is 2.34. The molecular weight excluding hydrogens is 538 g/mol. The molecule has 6 N–H and O–H groups in total. The Kier molecular flexibility index (Phi) is 11.3. The molecule has 2 heterocycles. The Balaban J connectivity index is 0.00000187. The van der Waals surface area contributed by atoms with Crippen molar-refractivity contribution in [2.45, 2.75) is 6.61 Å². The minimum Gasteiger partial charge on any atom is -0.493 e. The zero-order valence-corrected chi connectivity index (χ0v) is 23.1. The van der Waals surface area contributed by atoms with Gasteiger partial charge in [-0.1, -0.05) is 30.3 Å². The molecule has 5 rings (SSSR count). The first-order valence-electron chi connectivity index (χ1n) is 12.1. The van der Waals surface area contributed by atoms with Crippen LogP contribution in [0.2, 0.25) is 0 Å². The Hall–Kier alpha value is -4.32. The third kappa shape index (κ3) is 6.81. The fraction of sp³-hybridized carbons (Fsp3) is 0.250. The zero-order chi connectivity index (χ0) is 25.8. The molecular formula is C28H34ClN5O6. The van der Waals surface area contributed by atoms with Crippen molar-refractivity contribution in [1.29, 1.82) is 0 Å². The number of anilines is 2. The van der Waals surface area contributed by atoms with Gasteiger partial charge in [0.05, 0.1) is 19.7 Å². The molecule has 0 radical (unpaired) electrons. The first-order chi connectivity index (χ1) is 18.1. The number of nitrogen functional groups attached to an aromatic ring is 1. The molecule has 1 aromatic heterocycles. The number of fused-ring (bicyclic) bond motifs is 1. The molecule has 0 atom stereocenters. The lowest BCUT2D eigenvalue weighted by atomic mass is 10.1. The smallest absolute Gasteiger partial charge is 0.253 e. The minimum absolute atomic E-state index is 0. The number of carbonyl (C=O) groups excluding carboxylic acids is 1. The zero-order valence-electron chi connectivity index (χ0n) is 22.3. The molecule has 1 aliphatic rings. The van der Waals surface area contributed by atoms with E-state index in [0.29, 0.717) is 72.5 Å². The summed E-state index contributed by atoms with van der Waals surface area (Å²) in [6.45, 7) is 2.79. The summed E-state index contributed by atoms with van der Waals surface area (Å²) in [7, 11) is 3.15. The van der Waals surface area contributed by atoms with E-state index in [1.165, 1.54) is 0 Å². The van der Waals surface area contributed by atoms with Crippen LogP contribution in [0.5, 0.6) is 17.2 Å². The van der Waals surface area contributed by atoms with Gasteiger partial charge in [0.15, 0.2) is 11.5 Å². The molecule has 12 heteroatoms. The lowest BCUT2D eigenvalue weighted by Gasteiger charge is -2.35. The summed E-state index contributed by atoms with van der Waals surface area (Å²) in [6, 6.07) is 20.8. The first kappa shape index (κ1) is 31.9. The van der Waals surface area contributed by atoms with Gasteiger partial charge < -0.3 is 40.7 Å². The summed E-state index contributed by atoms with van der Waals surface area (Å²) in [4.78, 5) is 26.2. The van der Waals surface area contributed by atoms with Crippen LogP contribution in [0.25, 0.3) is 10.9 Å². The molecule has 214 valence electrons. The van der Waals surface area contributed by atoms with E-state index in [1.807, 2.05) is 64.4 Å². The van der Waals surface area contributed by atoms with Crippen molar-refractivity contribution in [2.75, 3.05) is 51.0 Å². The maximum absolute atomic E-state index is 13.1. The van der Waals surface area contributed by atoms with Crippen LogP contribution in [0.15, 0.2) is 66.7 Å². The fourth-order valence-electron chi connectivity index (χ4n) is 4.33. The van der Waals surface area contributed by atoms with E-state index < -0.39 is 0 Å². The van der Waals surface area contributed by atoms with Crippen LogP contribution in [0, 0.1) is 0 Å². The number of aromatic nitrogens is 2. The van der Waals surface area contributed by atoms with Crippen LogP contribution in [-0.2, 0) is 6.61 Å². The number of methoxy groups -OCH3 is 2. The fourth-order valence-corrected chi connectivity index (χ4v) is 4.33. The van der Waals surface area contributed by atoms with E-state index in [-0.39, 0.29) is 29.3 Å². The summed E-state index contributed by atoms with van der Waals surface area (Å²) >= 11 is 0. The molecule has 1 saturated heterocycles. The molecule has 0 spiro atoms. The van der Waals surface area contributed by atoms with Crippen LogP contribution in [0.1, 0.15) is 15.9 Å². The van der Waals surface area contributed by atoms with E-state index >= 15 is 0 Å². The number of halogens is 1. The number of nitrogens with two attached hydrogens (primary N) is 1. The Labute approximate surface area is 238 Å². The lowest BCUT2D eigenvalue weighted by molar-refractivity contribution is 0.0746. The van der Waals surface area contributed by atoms with Gasteiger partial charge in [0, 0.05) is 43.2 Å². The average molecular weight is 572 g/mol. The van der Waals surface area contributed by atoms with Crippen molar-refractivity contribution in [3.8, 4) is 17.2 Å². The summed E-state index contributed by atoms with van der Waals surface area (Å²) in [5.74, 6) is 2.76. The summed E-state index contributed by atoms with van der Waals surface area (Å²) in [6.07, 6.45) is 0. The molecule has 1 aliphatic heterocycles. The maximum atomic E-state index is 13.1. The second kappa shape index (κ2) is 14.2. The van der Waals surface area contributed by atoms with Crippen LogP contribution in [0.3, 0.4) is 0 Å². The third-order valence-electron chi connectivity index (χ3n) is 6.42. The second-order valence-electron chi connectivity index (χ2n) is 8.71. The number of hydrogen-bond donors (Lipinski definition) is 1. The van der Waals surface area contributed by atoms with Gasteiger partial charge in [0.1, 0.15) is 18.2 Å². The number of hydrogen-bond acceptors (Lipinski definition) is 8. The average Bonchev–Trinajstić information content (AvgIpc) is 2.96. The van der Waals surface area contributed by atoms with Gasteiger partial charge in [-0.05, 0) is 35.9 Å². The quantitative estimate of drug-likeness (QED) is 0.353. The van der Waals surface area contributed by atoms with E-state index in [4.69, 9.17) is 24.9 Å². The highest BCUT2D eigenvalue weighted by atomic mass is 35.5. The molecule has 1 amide bonds. The summed E-state index contributed by atoms with van der Waals surface area (Å²) in [5.41, 5.74) is 8.65. The van der Waals surface area contributed by atoms with E-state index in [2.05, 4.69) is 4.98 Å². The molecule has 1 fully saturated rings. The molecule has 0 bridgehead atoms.